The molecule has 0 fully saturated rings. The number of halogens is 1. The summed E-state index contributed by atoms with van der Waals surface area (Å²) >= 11 is 3.17. The molecule has 0 atom stereocenters. The summed E-state index contributed by atoms with van der Waals surface area (Å²) in [7, 11) is -3.84. The third kappa shape index (κ3) is 5.58. The van der Waals surface area contributed by atoms with E-state index in [4.69, 9.17) is 15.6 Å². The van der Waals surface area contributed by atoms with Crippen LogP contribution in [0.15, 0.2) is 27.6 Å². The van der Waals surface area contributed by atoms with Gasteiger partial charge in [-0.2, -0.15) is 0 Å². The lowest BCUT2D eigenvalue weighted by atomic mass is 10.2. The Labute approximate surface area is 120 Å². The van der Waals surface area contributed by atoms with E-state index in [1.54, 1.807) is 6.07 Å². The van der Waals surface area contributed by atoms with Gasteiger partial charge in [-0.3, -0.25) is 4.79 Å². The number of unbranched alkanes of at least 4 members (excludes halogenated alkanes) is 1. The number of primary amides is 1. The molecular weight excluding hydrogens is 336 g/mol. The monoisotopic (exact) mass is 350 g/mol. The number of carbonyl (C=O) groups is 1. The van der Waals surface area contributed by atoms with Gasteiger partial charge < -0.3 is 10.5 Å². The molecule has 0 unspecified atom stereocenters. The van der Waals surface area contributed by atoms with E-state index in [0.29, 0.717) is 17.3 Å². The first kappa shape index (κ1) is 15.9. The molecule has 0 saturated heterocycles. The van der Waals surface area contributed by atoms with Crippen LogP contribution in [0.2, 0.25) is 0 Å². The van der Waals surface area contributed by atoms with Gasteiger partial charge >= 0.3 is 0 Å². The molecule has 0 heterocycles. The van der Waals surface area contributed by atoms with E-state index in [-0.39, 0.29) is 29.6 Å². The van der Waals surface area contributed by atoms with Crippen molar-refractivity contribution in [3.05, 3.63) is 22.7 Å². The number of nitrogens with two attached hydrogens (primary N) is 2. The molecule has 0 aliphatic heterocycles. The highest BCUT2D eigenvalue weighted by atomic mass is 79.9. The minimum atomic E-state index is -3.84. The van der Waals surface area contributed by atoms with E-state index in [1.807, 2.05) is 0 Å². The molecule has 106 valence electrons. The second-order valence-corrected chi connectivity index (χ2v) is 6.35. The van der Waals surface area contributed by atoms with Crippen molar-refractivity contribution in [3.8, 4) is 5.75 Å². The summed E-state index contributed by atoms with van der Waals surface area (Å²) in [6.07, 6.45) is 1.48. The van der Waals surface area contributed by atoms with E-state index >= 15 is 0 Å². The van der Waals surface area contributed by atoms with Gasteiger partial charge in [0.15, 0.2) is 0 Å². The van der Waals surface area contributed by atoms with Crippen molar-refractivity contribution in [1.29, 1.82) is 0 Å². The van der Waals surface area contributed by atoms with Gasteiger partial charge in [0, 0.05) is 10.9 Å². The molecule has 1 aromatic rings. The molecule has 6 nitrogen and oxygen atoms in total. The summed E-state index contributed by atoms with van der Waals surface area (Å²) in [6, 6.07) is 4.57. The topological polar surface area (TPSA) is 112 Å². The molecule has 0 spiro atoms. The number of sulfonamides is 1. The van der Waals surface area contributed by atoms with Crippen LogP contribution in [0.1, 0.15) is 19.3 Å². The Morgan fingerprint density at radius 1 is 1.32 bits per heavy atom. The molecule has 19 heavy (non-hydrogen) atoms. The summed E-state index contributed by atoms with van der Waals surface area (Å²) < 4.78 is 28.8. The highest BCUT2D eigenvalue weighted by Gasteiger charge is 2.15. The summed E-state index contributed by atoms with van der Waals surface area (Å²) in [6.45, 7) is 0.289. The first-order valence-corrected chi connectivity index (χ1v) is 7.88. The Hall–Kier alpha value is -1.12. The lowest BCUT2D eigenvalue weighted by Crippen LogP contribution is -2.14. The van der Waals surface area contributed by atoms with Crippen LogP contribution < -0.4 is 15.6 Å². The van der Waals surface area contributed by atoms with Crippen molar-refractivity contribution >= 4 is 31.9 Å². The molecule has 0 saturated carbocycles. The molecule has 8 heteroatoms. The van der Waals surface area contributed by atoms with Gasteiger partial charge in [0.25, 0.3) is 0 Å². The summed E-state index contributed by atoms with van der Waals surface area (Å²) in [4.78, 5) is 10.5. The number of hydrogen-bond acceptors (Lipinski definition) is 4. The van der Waals surface area contributed by atoms with E-state index < -0.39 is 10.0 Å². The number of hydrogen-bond donors (Lipinski definition) is 2. The average molecular weight is 351 g/mol. The zero-order valence-corrected chi connectivity index (χ0v) is 12.5. The van der Waals surface area contributed by atoms with Crippen LogP contribution in [0.3, 0.4) is 0 Å². The summed E-state index contributed by atoms with van der Waals surface area (Å²) in [5, 5.41) is 5.11. The summed E-state index contributed by atoms with van der Waals surface area (Å²) in [5.74, 6) is -0.168. The van der Waals surface area contributed by atoms with Gasteiger partial charge in [-0.15, -0.1) is 0 Å². The second-order valence-electron chi connectivity index (χ2n) is 3.91. The zero-order chi connectivity index (χ0) is 14.5. The SMILES string of the molecule is NC(=O)CCCCOc1ccc(Br)cc1S(N)(=O)=O. The number of rotatable bonds is 7. The fraction of sp³-hybridized carbons (Fsp3) is 0.364. The minimum Gasteiger partial charge on any atom is -0.492 e. The van der Waals surface area contributed by atoms with Crippen molar-refractivity contribution in [2.45, 2.75) is 24.2 Å². The fourth-order valence-electron chi connectivity index (χ4n) is 1.41. The van der Waals surface area contributed by atoms with Crippen LogP contribution in [0.25, 0.3) is 0 Å². The van der Waals surface area contributed by atoms with Crippen LogP contribution in [0.5, 0.6) is 5.75 Å². The van der Waals surface area contributed by atoms with Gasteiger partial charge in [-0.1, -0.05) is 15.9 Å². The maximum absolute atomic E-state index is 11.4. The third-order valence-electron chi connectivity index (χ3n) is 2.29. The Morgan fingerprint density at radius 3 is 2.58 bits per heavy atom. The second kappa shape index (κ2) is 6.88. The van der Waals surface area contributed by atoms with E-state index in [2.05, 4.69) is 15.9 Å². The Kier molecular flexibility index (Phi) is 5.77. The maximum Gasteiger partial charge on any atom is 0.241 e. The summed E-state index contributed by atoms with van der Waals surface area (Å²) in [5.41, 5.74) is 5.00. The predicted octanol–water partition coefficient (Wildman–Crippen LogP) is 1.13. The average Bonchev–Trinajstić information content (AvgIpc) is 2.28. The van der Waals surface area contributed by atoms with Gasteiger partial charge in [-0.05, 0) is 31.0 Å². The van der Waals surface area contributed by atoms with E-state index in [0.717, 1.165) is 0 Å². The Bertz CT molecular complexity index is 560. The third-order valence-corrected chi connectivity index (χ3v) is 3.71. The van der Waals surface area contributed by atoms with E-state index in [9.17, 15) is 13.2 Å². The maximum atomic E-state index is 11.4. The molecular formula is C11H15BrN2O4S. The highest BCUT2D eigenvalue weighted by molar-refractivity contribution is 9.10. The Morgan fingerprint density at radius 2 is 2.00 bits per heavy atom. The first-order chi connectivity index (χ1) is 8.80. The van der Waals surface area contributed by atoms with Crippen molar-refractivity contribution in [1.82, 2.24) is 0 Å². The molecule has 0 aromatic heterocycles. The normalized spacial score (nSPS) is 11.3. The van der Waals surface area contributed by atoms with Gasteiger partial charge in [-0.25, -0.2) is 13.6 Å². The molecule has 0 radical (unpaired) electrons. The number of carbonyl (C=O) groups excluding carboxylic acids is 1. The highest BCUT2D eigenvalue weighted by Crippen LogP contribution is 2.26. The van der Waals surface area contributed by atoms with Crippen LogP contribution in [0, 0.1) is 0 Å². The van der Waals surface area contributed by atoms with Crippen LogP contribution in [-0.2, 0) is 14.8 Å². The van der Waals surface area contributed by atoms with Crippen molar-refractivity contribution < 1.29 is 17.9 Å². The van der Waals surface area contributed by atoms with Gasteiger partial charge in [0.1, 0.15) is 10.6 Å². The van der Waals surface area contributed by atoms with Crippen molar-refractivity contribution in [2.75, 3.05) is 6.61 Å². The molecule has 4 N–H and O–H groups in total. The van der Waals surface area contributed by atoms with E-state index in [1.165, 1.54) is 12.1 Å². The van der Waals surface area contributed by atoms with Crippen LogP contribution >= 0.6 is 15.9 Å². The molecule has 1 aromatic carbocycles. The fourth-order valence-corrected chi connectivity index (χ4v) is 2.62. The lowest BCUT2D eigenvalue weighted by Gasteiger charge is -2.10. The van der Waals surface area contributed by atoms with Crippen molar-refractivity contribution in [2.24, 2.45) is 10.9 Å². The molecule has 1 rings (SSSR count). The smallest absolute Gasteiger partial charge is 0.241 e. The van der Waals surface area contributed by atoms with Gasteiger partial charge in [0.2, 0.25) is 15.9 Å². The van der Waals surface area contributed by atoms with Crippen LogP contribution in [0.4, 0.5) is 0 Å². The lowest BCUT2D eigenvalue weighted by molar-refractivity contribution is -0.118. The quantitative estimate of drug-likeness (QED) is 0.717. The number of benzene rings is 1. The Balaban J connectivity index is 2.66. The molecule has 1 amide bonds. The number of ether oxygens (including phenoxy) is 1. The van der Waals surface area contributed by atoms with Gasteiger partial charge in [0.05, 0.1) is 6.61 Å². The molecule has 0 aliphatic carbocycles. The molecule has 0 bridgehead atoms. The van der Waals surface area contributed by atoms with Crippen molar-refractivity contribution in [3.63, 3.8) is 0 Å². The first-order valence-electron chi connectivity index (χ1n) is 5.54. The zero-order valence-electron chi connectivity index (χ0n) is 10.1. The standard InChI is InChI=1S/C11H15BrN2O4S/c12-8-4-5-9(10(7-8)19(14,16)17)18-6-2-1-3-11(13)15/h4-5,7H,1-3,6H2,(H2,13,15)(H2,14,16,17). The van der Waals surface area contributed by atoms with Crippen LogP contribution in [-0.4, -0.2) is 20.9 Å². The predicted molar refractivity (Wildman–Crippen MR) is 74.1 cm³/mol. The largest absolute Gasteiger partial charge is 0.492 e. The molecule has 0 aliphatic rings. The number of amides is 1. The number of primary sulfonamides is 1. The minimum absolute atomic E-state index is 0.0724.